The molecule has 0 N–H and O–H groups in total. The van der Waals surface area contributed by atoms with E-state index in [1.54, 1.807) is 12.1 Å². The zero-order valence-corrected chi connectivity index (χ0v) is 10.4. The Morgan fingerprint density at radius 3 is 2.63 bits per heavy atom. The van der Waals surface area contributed by atoms with E-state index in [9.17, 15) is 9.18 Å². The van der Waals surface area contributed by atoms with Crippen LogP contribution in [0.3, 0.4) is 0 Å². The van der Waals surface area contributed by atoms with Crippen LogP contribution in [0.15, 0.2) is 59.5 Å². The van der Waals surface area contributed by atoms with Gasteiger partial charge >= 0.3 is 0 Å². The molecule has 0 radical (unpaired) electrons. The van der Waals surface area contributed by atoms with E-state index in [-0.39, 0.29) is 5.56 Å². The third-order valence-corrected chi connectivity index (χ3v) is 3.14. The summed E-state index contributed by atoms with van der Waals surface area (Å²) in [6.45, 7) is 1.97. The van der Waals surface area contributed by atoms with Crippen molar-refractivity contribution in [3.63, 3.8) is 0 Å². The number of pyridine rings is 2. The summed E-state index contributed by atoms with van der Waals surface area (Å²) in [7, 11) is 0. The highest BCUT2D eigenvalue weighted by Crippen LogP contribution is 2.17. The zero-order chi connectivity index (χ0) is 13.4. The van der Waals surface area contributed by atoms with Gasteiger partial charge in [0, 0.05) is 17.3 Å². The maximum absolute atomic E-state index is 13.3. The zero-order valence-electron chi connectivity index (χ0n) is 10.4. The molecule has 0 saturated heterocycles. The highest BCUT2D eigenvalue weighted by Gasteiger charge is 2.06. The Bertz CT molecular complexity index is 820. The van der Waals surface area contributed by atoms with Crippen LogP contribution in [0.4, 0.5) is 4.39 Å². The van der Waals surface area contributed by atoms with E-state index in [0.29, 0.717) is 11.1 Å². The third kappa shape index (κ3) is 2.03. The van der Waals surface area contributed by atoms with Crippen LogP contribution in [0.1, 0.15) is 5.56 Å². The summed E-state index contributed by atoms with van der Waals surface area (Å²) in [6.07, 6.45) is 1.22. The molecule has 2 heterocycles. The molecule has 0 spiro atoms. The van der Waals surface area contributed by atoms with Gasteiger partial charge in [0.05, 0.1) is 0 Å². The summed E-state index contributed by atoms with van der Waals surface area (Å²) in [6, 6.07) is 14.3. The Hall–Kier alpha value is -2.42. The molecule has 2 nitrogen and oxygen atoms in total. The Labute approximate surface area is 109 Å². The first kappa shape index (κ1) is 11.7. The molecule has 1 aromatic carbocycles. The number of halogens is 1. The van der Waals surface area contributed by atoms with Crippen molar-refractivity contribution in [1.82, 2.24) is 4.40 Å². The van der Waals surface area contributed by atoms with Crippen LogP contribution in [0.2, 0.25) is 0 Å². The van der Waals surface area contributed by atoms with Gasteiger partial charge in [-0.1, -0.05) is 29.8 Å². The predicted octanol–water partition coefficient (Wildman–Crippen LogP) is 3.41. The molecule has 0 aliphatic heterocycles. The van der Waals surface area contributed by atoms with Gasteiger partial charge in [-0.05, 0) is 36.8 Å². The van der Waals surface area contributed by atoms with E-state index in [0.717, 1.165) is 11.1 Å². The van der Waals surface area contributed by atoms with Crippen molar-refractivity contribution in [1.29, 1.82) is 0 Å². The molecule has 2 aromatic heterocycles. The van der Waals surface area contributed by atoms with E-state index >= 15 is 0 Å². The Morgan fingerprint density at radius 1 is 1.05 bits per heavy atom. The second-order valence-electron chi connectivity index (χ2n) is 4.56. The smallest absolute Gasteiger partial charge is 0.263 e. The summed E-state index contributed by atoms with van der Waals surface area (Å²) in [5.41, 5.74) is 2.99. The van der Waals surface area contributed by atoms with Gasteiger partial charge in [0.15, 0.2) is 0 Å². The van der Waals surface area contributed by atoms with Crippen LogP contribution < -0.4 is 5.56 Å². The Kier molecular flexibility index (Phi) is 2.67. The third-order valence-electron chi connectivity index (χ3n) is 3.14. The topological polar surface area (TPSA) is 21.5 Å². The molecule has 0 fully saturated rings. The minimum absolute atomic E-state index is 0.206. The molecule has 0 atom stereocenters. The largest absolute Gasteiger partial charge is 0.281 e. The molecule has 0 amide bonds. The quantitative estimate of drug-likeness (QED) is 0.651. The lowest BCUT2D eigenvalue weighted by Gasteiger charge is -2.06. The number of benzene rings is 1. The molecular formula is C16H12FNO. The van der Waals surface area contributed by atoms with Crippen molar-refractivity contribution >= 4 is 5.52 Å². The monoisotopic (exact) mass is 253 g/mol. The van der Waals surface area contributed by atoms with Gasteiger partial charge in [0.1, 0.15) is 5.82 Å². The predicted molar refractivity (Wildman–Crippen MR) is 73.8 cm³/mol. The SMILES string of the molecule is Cc1cccc(-c2ccc3ccc(F)cn3c2=O)c1. The number of hydrogen-bond acceptors (Lipinski definition) is 1. The van der Waals surface area contributed by atoms with E-state index in [1.165, 1.54) is 16.7 Å². The van der Waals surface area contributed by atoms with Gasteiger partial charge in [-0.2, -0.15) is 0 Å². The lowest BCUT2D eigenvalue weighted by Crippen LogP contribution is -2.15. The number of fused-ring (bicyclic) bond motifs is 1. The average Bonchev–Trinajstić information content (AvgIpc) is 2.40. The van der Waals surface area contributed by atoms with Crippen LogP contribution in [0.25, 0.3) is 16.6 Å². The molecule has 94 valence electrons. The standard InChI is InChI=1S/C16H12FNO/c1-11-3-2-4-12(9-11)15-8-7-14-6-5-13(17)10-18(14)16(15)19/h2-10H,1H3. The molecule has 3 aromatic rings. The summed E-state index contributed by atoms with van der Waals surface area (Å²) < 4.78 is 14.6. The fourth-order valence-corrected chi connectivity index (χ4v) is 2.20. The number of aromatic nitrogens is 1. The molecule has 0 aliphatic rings. The van der Waals surface area contributed by atoms with E-state index < -0.39 is 5.82 Å². The molecule has 3 rings (SSSR count). The normalized spacial score (nSPS) is 10.8. The van der Waals surface area contributed by atoms with Gasteiger partial charge < -0.3 is 0 Å². The van der Waals surface area contributed by atoms with Gasteiger partial charge in [-0.3, -0.25) is 9.20 Å². The first-order valence-corrected chi connectivity index (χ1v) is 6.03. The van der Waals surface area contributed by atoms with E-state index in [4.69, 9.17) is 0 Å². The van der Waals surface area contributed by atoms with Crippen LogP contribution in [-0.2, 0) is 0 Å². The lowest BCUT2D eigenvalue weighted by atomic mass is 10.0. The summed E-state index contributed by atoms with van der Waals surface area (Å²) >= 11 is 0. The van der Waals surface area contributed by atoms with E-state index in [2.05, 4.69) is 0 Å². The fraction of sp³-hybridized carbons (Fsp3) is 0.0625. The average molecular weight is 253 g/mol. The molecule has 19 heavy (non-hydrogen) atoms. The summed E-state index contributed by atoms with van der Waals surface area (Å²) in [4.78, 5) is 12.4. The molecular weight excluding hydrogens is 241 g/mol. The van der Waals surface area contributed by atoms with Crippen LogP contribution in [-0.4, -0.2) is 4.40 Å². The number of hydrogen-bond donors (Lipinski definition) is 0. The molecule has 0 unspecified atom stereocenters. The number of nitrogens with zero attached hydrogens (tertiary/aromatic N) is 1. The van der Waals surface area contributed by atoms with Crippen LogP contribution >= 0.6 is 0 Å². The van der Waals surface area contributed by atoms with Crippen molar-refractivity contribution in [2.24, 2.45) is 0 Å². The summed E-state index contributed by atoms with van der Waals surface area (Å²) in [5, 5.41) is 0. The molecule has 0 saturated carbocycles. The molecule has 3 heteroatoms. The number of rotatable bonds is 1. The lowest BCUT2D eigenvalue weighted by molar-refractivity contribution is 0.618. The summed E-state index contributed by atoms with van der Waals surface area (Å²) in [5.74, 6) is -0.420. The number of aryl methyl sites for hydroxylation is 1. The highest BCUT2D eigenvalue weighted by molar-refractivity contribution is 5.66. The van der Waals surface area contributed by atoms with Crippen molar-refractivity contribution < 1.29 is 4.39 Å². The van der Waals surface area contributed by atoms with Gasteiger partial charge in [0.25, 0.3) is 5.56 Å². The van der Waals surface area contributed by atoms with Crippen LogP contribution in [0.5, 0.6) is 0 Å². The highest BCUT2D eigenvalue weighted by atomic mass is 19.1. The van der Waals surface area contributed by atoms with Gasteiger partial charge in [-0.15, -0.1) is 0 Å². The van der Waals surface area contributed by atoms with Crippen molar-refractivity contribution in [3.8, 4) is 11.1 Å². The fourth-order valence-electron chi connectivity index (χ4n) is 2.20. The Balaban J connectivity index is 2.31. The first-order chi connectivity index (χ1) is 9.15. The maximum Gasteiger partial charge on any atom is 0.263 e. The molecule has 0 aliphatic carbocycles. The van der Waals surface area contributed by atoms with Gasteiger partial charge in [0.2, 0.25) is 0 Å². The van der Waals surface area contributed by atoms with Crippen molar-refractivity contribution in [2.45, 2.75) is 6.92 Å². The first-order valence-electron chi connectivity index (χ1n) is 6.03. The second-order valence-corrected chi connectivity index (χ2v) is 4.56. The van der Waals surface area contributed by atoms with E-state index in [1.807, 2.05) is 37.3 Å². The Morgan fingerprint density at radius 2 is 1.84 bits per heavy atom. The second kappa shape index (κ2) is 4.35. The minimum Gasteiger partial charge on any atom is -0.281 e. The van der Waals surface area contributed by atoms with Crippen molar-refractivity contribution in [3.05, 3.63) is 76.5 Å². The minimum atomic E-state index is -0.420. The molecule has 0 bridgehead atoms. The van der Waals surface area contributed by atoms with Crippen molar-refractivity contribution in [2.75, 3.05) is 0 Å². The maximum atomic E-state index is 13.3. The van der Waals surface area contributed by atoms with Crippen LogP contribution in [0, 0.1) is 12.7 Å². The van der Waals surface area contributed by atoms with Gasteiger partial charge in [-0.25, -0.2) is 4.39 Å².